The van der Waals surface area contributed by atoms with E-state index in [9.17, 15) is 0 Å². The molecular formula is C13H14N2O. The Balaban J connectivity index is 2.00. The van der Waals surface area contributed by atoms with E-state index in [4.69, 9.17) is 10.2 Å². The zero-order valence-corrected chi connectivity index (χ0v) is 9.02. The Labute approximate surface area is 94.3 Å². The van der Waals surface area contributed by atoms with Gasteiger partial charge in [0.1, 0.15) is 6.26 Å². The highest BCUT2D eigenvalue weighted by Crippen LogP contribution is 2.39. The third-order valence-electron chi connectivity index (χ3n) is 3.36. The molecule has 1 aliphatic carbocycles. The van der Waals surface area contributed by atoms with Crippen molar-refractivity contribution < 1.29 is 4.42 Å². The van der Waals surface area contributed by atoms with E-state index in [0.29, 0.717) is 5.89 Å². The topological polar surface area (TPSA) is 52.0 Å². The average Bonchev–Trinajstić information content (AvgIpc) is 2.79. The second-order valence-electron chi connectivity index (χ2n) is 4.43. The van der Waals surface area contributed by atoms with Gasteiger partial charge in [0, 0.05) is 11.1 Å². The molecule has 0 unspecified atom stereocenters. The van der Waals surface area contributed by atoms with E-state index in [1.165, 1.54) is 12.0 Å². The van der Waals surface area contributed by atoms with Gasteiger partial charge in [0.15, 0.2) is 0 Å². The molecule has 0 bridgehead atoms. The van der Waals surface area contributed by atoms with Gasteiger partial charge in [-0.1, -0.05) is 12.1 Å². The van der Waals surface area contributed by atoms with Crippen LogP contribution in [0.15, 0.2) is 41.1 Å². The zero-order valence-electron chi connectivity index (χ0n) is 9.02. The Kier molecular flexibility index (Phi) is 2.07. The van der Waals surface area contributed by atoms with Gasteiger partial charge in [0.2, 0.25) is 5.89 Å². The summed E-state index contributed by atoms with van der Waals surface area (Å²) < 4.78 is 5.29. The summed E-state index contributed by atoms with van der Waals surface area (Å²) in [7, 11) is 0. The molecule has 0 amide bonds. The van der Waals surface area contributed by atoms with Crippen molar-refractivity contribution in [1.29, 1.82) is 0 Å². The fourth-order valence-corrected chi connectivity index (χ4v) is 2.17. The lowest BCUT2D eigenvalue weighted by atomic mass is 9.72. The molecule has 1 heterocycles. The highest BCUT2D eigenvalue weighted by Gasteiger charge is 2.34. The lowest BCUT2D eigenvalue weighted by Gasteiger charge is -2.38. The number of nitrogens with two attached hydrogens (primary N) is 1. The maximum atomic E-state index is 6.30. The maximum Gasteiger partial charge on any atom is 0.225 e. The highest BCUT2D eigenvalue weighted by atomic mass is 16.3. The van der Waals surface area contributed by atoms with Crippen LogP contribution in [-0.2, 0) is 5.54 Å². The van der Waals surface area contributed by atoms with Gasteiger partial charge in [-0.3, -0.25) is 0 Å². The van der Waals surface area contributed by atoms with Crippen LogP contribution in [0.2, 0.25) is 0 Å². The van der Waals surface area contributed by atoms with Crippen LogP contribution < -0.4 is 5.73 Å². The zero-order chi connectivity index (χ0) is 11.0. The maximum absolute atomic E-state index is 6.30. The Morgan fingerprint density at radius 2 is 2.19 bits per heavy atom. The molecule has 3 rings (SSSR count). The molecule has 1 fully saturated rings. The van der Waals surface area contributed by atoms with E-state index in [-0.39, 0.29) is 5.54 Å². The quantitative estimate of drug-likeness (QED) is 0.836. The molecule has 2 aromatic rings. The summed E-state index contributed by atoms with van der Waals surface area (Å²) >= 11 is 0. The van der Waals surface area contributed by atoms with Crippen LogP contribution >= 0.6 is 0 Å². The van der Waals surface area contributed by atoms with Crippen LogP contribution in [0.25, 0.3) is 11.5 Å². The van der Waals surface area contributed by atoms with Gasteiger partial charge in [-0.05, 0) is 37.0 Å². The van der Waals surface area contributed by atoms with Crippen molar-refractivity contribution in [2.24, 2.45) is 5.73 Å². The summed E-state index contributed by atoms with van der Waals surface area (Å²) in [6.07, 6.45) is 6.61. The van der Waals surface area contributed by atoms with Crippen LogP contribution in [0.3, 0.4) is 0 Å². The fourth-order valence-electron chi connectivity index (χ4n) is 2.17. The minimum Gasteiger partial charge on any atom is -0.445 e. The first kappa shape index (κ1) is 9.60. The smallest absolute Gasteiger partial charge is 0.225 e. The second kappa shape index (κ2) is 3.46. The monoisotopic (exact) mass is 214 g/mol. The van der Waals surface area contributed by atoms with E-state index >= 15 is 0 Å². The standard InChI is InChI=1S/C13H14N2O/c14-13(5-2-6-13)11-4-1-3-10(9-11)12-15-7-8-16-12/h1,3-4,7-9H,2,5-6,14H2. The number of hydrogen-bond acceptors (Lipinski definition) is 3. The summed E-state index contributed by atoms with van der Waals surface area (Å²) in [5.41, 5.74) is 8.36. The van der Waals surface area contributed by atoms with Gasteiger partial charge in [-0.15, -0.1) is 0 Å². The predicted molar refractivity (Wildman–Crippen MR) is 61.7 cm³/mol. The first-order valence-electron chi connectivity index (χ1n) is 5.57. The molecule has 82 valence electrons. The van der Waals surface area contributed by atoms with Gasteiger partial charge in [0.05, 0.1) is 6.20 Å². The van der Waals surface area contributed by atoms with Gasteiger partial charge >= 0.3 is 0 Å². The molecule has 1 aromatic carbocycles. The third kappa shape index (κ3) is 1.44. The van der Waals surface area contributed by atoms with Gasteiger partial charge in [-0.2, -0.15) is 0 Å². The molecule has 16 heavy (non-hydrogen) atoms. The average molecular weight is 214 g/mol. The van der Waals surface area contributed by atoms with Crippen LogP contribution in [0, 0.1) is 0 Å². The molecule has 1 aromatic heterocycles. The molecule has 0 saturated heterocycles. The number of hydrogen-bond donors (Lipinski definition) is 1. The largest absolute Gasteiger partial charge is 0.445 e. The molecule has 0 aliphatic heterocycles. The molecule has 0 atom stereocenters. The highest BCUT2D eigenvalue weighted by molar-refractivity contribution is 5.55. The third-order valence-corrected chi connectivity index (χ3v) is 3.36. The van der Waals surface area contributed by atoms with E-state index in [2.05, 4.69) is 17.1 Å². The van der Waals surface area contributed by atoms with Crippen LogP contribution in [0.5, 0.6) is 0 Å². The van der Waals surface area contributed by atoms with Crippen molar-refractivity contribution in [3.8, 4) is 11.5 Å². The molecular weight excluding hydrogens is 200 g/mol. The summed E-state index contributed by atoms with van der Waals surface area (Å²) in [4.78, 5) is 4.15. The van der Waals surface area contributed by atoms with Crippen LogP contribution in [-0.4, -0.2) is 4.98 Å². The van der Waals surface area contributed by atoms with Gasteiger partial charge in [0.25, 0.3) is 0 Å². The van der Waals surface area contributed by atoms with Crippen LogP contribution in [0.1, 0.15) is 24.8 Å². The van der Waals surface area contributed by atoms with Crippen molar-refractivity contribution in [3.63, 3.8) is 0 Å². The summed E-state index contributed by atoms with van der Waals surface area (Å²) in [6, 6.07) is 8.19. The Hall–Kier alpha value is -1.61. The molecule has 0 radical (unpaired) electrons. The van der Waals surface area contributed by atoms with Crippen LogP contribution in [0.4, 0.5) is 0 Å². The van der Waals surface area contributed by atoms with Crippen molar-refractivity contribution in [2.75, 3.05) is 0 Å². The summed E-state index contributed by atoms with van der Waals surface area (Å²) in [6.45, 7) is 0. The predicted octanol–water partition coefficient (Wildman–Crippen LogP) is 2.68. The van der Waals surface area contributed by atoms with Crippen molar-refractivity contribution >= 4 is 0 Å². The van der Waals surface area contributed by atoms with Crippen molar-refractivity contribution in [3.05, 3.63) is 42.3 Å². The second-order valence-corrected chi connectivity index (χ2v) is 4.43. The molecule has 3 heteroatoms. The summed E-state index contributed by atoms with van der Waals surface area (Å²) in [5.74, 6) is 0.657. The van der Waals surface area contributed by atoms with E-state index in [0.717, 1.165) is 18.4 Å². The molecule has 0 spiro atoms. The molecule has 1 aliphatic rings. The number of benzene rings is 1. The first-order valence-corrected chi connectivity index (χ1v) is 5.57. The van der Waals surface area contributed by atoms with Crippen molar-refractivity contribution in [1.82, 2.24) is 4.98 Å². The lowest BCUT2D eigenvalue weighted by Crippen LogP contribution is -2.43. The SMILES string of the molecule is NC1(c2cccc(-c3ncco3)c2)CCC1. The van der Waals surface area contributed by atoms with E-state index in [1.807, 2.05) is 12.1 Å². The van der Waals surface area contributed by atoms with E-state index < -0.39 is 0 Å². The lowest BCUT2D eigenvalue weighted by molar-refractivity contribution is 0.253. The van der Waals surface area contributed by atoms with Gasteiger partial charge in [-0.25, -0.2) is 4.98 Å². The normalized spacial score (nSPS) is 18.1. The fraction of sp³-hybridized carbons (Fsp3) is 0.308. The minimum atomic E-state index is -0.122. The molecule has 1 saturated carbocycles. The van der Waals surface area contributed by atoms with E-state index in [1.54, 1.807) is 12.5 Å². The van der Waals surface area contributed by atoms with Gasteiger partial charge < -0.3 is 10.2 Å². The number of nitrogens with zero attached hydrogens (tertiary/aromatic N) is 1. The number of oxazole rings is 1. The molecule has 2 N–H and O–H groups in total. The first-order chi connectivity index (χ1) is 7.78. The Morgan fingerprint density at radius 1 is 1.31 bits per heavy atom. The minimum absolute atomic E-state index is 0.122. The molecule has 3 nitrogen and oxygen atoms in total. The summed E-state index contributed by atoms with van der Waals surface area (Å²) in [5, 5.41) is 0. The number of rotatable bonds is 2. The Bertz CT molecular complexity index is 486. The Morgan fingerprint density at radius 3 is 2.81 bits per heavy atom. The number of aromatic nitrogens is 1. The van der Waals surface area contributed by atoms with Crippen molar-refractivity contribution in [2.45, 2.75) is 24.8 Å².